The Morgan fingerprint density at radius 3 is 2.35 bits per heavy atom. The molecule has 8 nitrogen and oxygen atoms in total. The number of aryl methyl sites for hydroxylation is 1. The van der Waals surface area contributed by atoms with E-state index in [1.54, 1.807) is 11.7 Å². The second-order valence-electron chi connectivity index (χ2n) is 8.91. The fourth-order valence-corrected chi connectivity index (χ4v) is 4.70. The van der Waals surface area contributed by atoms with Gasteiger partial charge in [-0.2, -0.15) is 0 Å². The zero-order valence-corrected chi connectivity index (χ0v) is 20.3. The number of aliphatic imine (C=N–C) groups is 1. The Morgan fingerprint density at radius 2 is 1.54 bits per heavy atom. The minimum atomic E-state index is 0.623. The molecule has 180 valence electrons. The second kappa shape index (κ2) is 8.23. The fourth-order valence-electron chi connectivity index (χ4n) is 4.70. The number of ether oxygens (including phenoxy) is 1. The summed E-state index contributed by atoms with van der Waals surface area (Å²) in [6, 6.07) is 32.3. The van der Waals surface area contributed by atoms with Crippen molar-refractivity contribution in [2.75, 3.05) is 17.3 Å². The van der Waals surface area contributed by atoms with E-state index >= 15 is 0 Å². The van der Waals surface area contributed by atoms with Gasteiger partial charge in [-0.15, -0.1) is 14.8 Å². The van der Waals surface area contributed by atoms with Crippen LogP contribution in [0.1, 0.15) is 5.56 Å². The summed E-state index contributed by atoms with van der Waals surface area (Å²) in [6.45, 7) is 2.08. The Bertz CT molecular complexity index is 1800. The number of methoxy groups -OCH3 is 1. The molecule has 0 atom stereocenters. The summed E-state index contributed by atoms with van der Waals surface area (Å²) >= 11 is 0. The lowest BCUT2D eigenvalue weighted by Crippen LogP contribution is -2.33. The molecule has 1 N–H and O–H groups in total. The summed E-state index contributed by atoms with van der Waals surface area (Å²) in [6.07, 6.45) is 0. The largest absolute Gasteiger partial charge is 0.497 e. The Balaban J connectivity index is 1.51. The van der Waals surface area contributed by atoms with Gasteiger partial charge in [-0.25, -0.2) is 9.89 Å². The predicted octanol–water partition coefficient (Wildman–Crippen LogP) is 6.24. The maximum absolute atomic E-state index is 5.34. The number of aromatic nitrogens is 4. The highest BCUT2D eigenvalue weighted by Crippen LogP contribution is 2.38. The van der Waals surface area contributed by atoms with E-state index in [0.717, 1.165) is 45.0 Å². The first-order chi connectivity index (χ1) is 18.2. The van der Waals surface area contributed by atoms with E-state index in [2.05, 4.69) is 53.2 Å². The number of rotatable bonds is 3. The van der Waals surface area contributed by atoms with E-state index < -0.39 is 0 Å². The Morgan fingerprint density at radius 1 is 0.784 bits per heavy atom. The standard InChI is InChI=1S/C29H23N7O/c1-19-11-15-21(16-12-19)34-28(30-20-13-17-22(37-2)18-14-20)31-25-9-5-6-10-26(25)35-27-23-7-3-4-8-24(23)32-36(27)33-29(34)35/h3-18H,1-2H3,(H,30,31). The third kappa shape index (κ3) is 3.41. The molecule has 0 fully saturated rings. The van der Waals surface area contributed by atoms with Crippen LogP contribution in [0.15, 0.2) is 102 Å². The van der Waals surface area contributed by atoms with Crippen LogP contribution in [0.5, 0.6) is 5.75 Å². The van der Waals surface area contributed by atoms with Crippen LogP contribution in [0, 0.1) is 6.92 Å². The van der Waals surface area contributed by atoms with Gasteiger partial charge in [0.15, 0.2) is 5.65 Å². The molecule has 6 aromatic rings. The molecule has 0 bridgehead atoms. The Kier molecular flexibility index (Phi) is 4.72. The summed E-state index contributed by atoms with van der Waals surface area (Å²) in [5, 5.41) is 14.3. The highest BCUT2D eigenvalue weighted by Gasteiger charge is 2.30. The van der Waals surface area contributed by atoms with Crippen LogP contribution in [0.25, 0.3) is 22.2 Å². The van der Waals surface area contributed by atoms with Crippen molar-refractivity contribution in [3.05, 3.63) is 103 Å². The van der Waals surface area contributed by atoms with Gasteiger partial charge in [0.1, 0.15) is 5.75 Å². The normalized spacial score (nSPS) is 12.7. The minimum absolute atomic E-state index is 0.623. The SMILES string of the molecule is COc1ccc(NC2=Nc3ccccc3-n3c(nn4nc5ccccc5c34)N2c2ccc(C)cc2)cc1. The van der Waals surface area contributed by atoms with Gasteiger partial charge >= 0.3 is 0 Å². The van der Waals surface area contributed by atoms with Crippen molar-refractivity contribution in [1.82, 2.24) is 19.4 Å². The fraction of sp³-hybridized carbons (Fsp3) is 0.0690. The summed E-state index contributed by atoms with van der Waals surface area (Å²) in [5.41, 5.74) is 6.50. The van der Waals surface area contributed by atoms with Crippen LogP contribution in [0.3, 0.4) is 0 Å². The molecule has 0 saturated heterocycles. The maximum Gasteiger partial charge on any atom is 0.243 e. The van der Waals surface area contributed by atoms with Crippen LogP contribution in [0.4, 0.5) is 23.0 Å². The molecule has 37 heavy (non-hydrogen) atoms. The molecule has 0 unspecified atom stereocenters. The molecule has 1 aliphatic heterocycles. The molecule has 1 aliphatic rings. The number of hydrogen-bond acceptors (Lipinski definition) is 6. The lowest BCUT2D eigenvalue weighted by atomic mass is 10.2. The maximum atomic E-state index is 5.34. The molecule has 2 aromatic heterocycles. The van der Waals surface area contributed by atoms with Gasteiger partial charge in [0.2, 0.25) is 11.9 Å². The van der Waals surface area contributed by atoms with Crippen LogP contribution >= 0.6 is 0 Å². The van der Waals surface area contributed by atoms with Crippen LogP contribution < -0.4 is 15.0 Å². The topological polar surface area (TPSA) is 72.0 Å². The van der Waals surface area contributed by atoms with Gasteiger partial charge in [-0.05, 0) is 67.6 Å². The van der Waals surface area contributed by atoms with Crippen molar-refractivity contribution in [3.63, 3.8) is 0 Å². The summed E-state index contributed by atoms with van der Waals surface area (Å²) < 4.78 is 9.19. The number of nitrogens with zero attached hydrogens (tertiary/aromatic N) is 6. The van der Waals surface area contributed by atoms with Gasteiger partial charge in [-0.1, -0.05) is 42.0 Å². The number of guanidine groups is 1. The van der Waals surface area contributed by atoms with Gasteiger partial charge in [0, 0.05) is 11.1 Å². The Hall–Kier alpha value is -5.11. The van der Waals surface area contributed by atoms with E-state index in [0.29, 0.717) is 11.9 Å². The summed E-state index contributed by atoms with van der Waals surface area (Å²) in [7, 11) is 1.66. The average molecular weight is 486 g/mol. The molecule has 0 radical (unpaired) electrons. The van der Waals surface area contributed by atoms with Crippen LogP contribution in [-0.2, 0) is 0 Å². The molecule has 3 heterocycles. The first kappa shape index (κ1) is 21.2. The molecule has 0 amide bonds. The molecular weight excluding hydrogens is 462 g/mol. The molecule has 4 aromatic carbocycles. The first-order valence-corrected chi connectivity index (χ1v) is 12.0. The van der Waals surface area contributed by atoms with Gasteiger partial charge in [-0.3, -0.25) is 4.57 Å². The van der Waals surface area contributed by atoms with Crippen molar-refractivity contribution in [2.45, 2.75) is 6.92 Å². The lowest BCUT2D eigenvalue weighted by Gasteiger charge is -2.24. The molecular formula is C29H23N7O. The number of hydrogen-bond donors (Lipinski definition) is 1. The highest BCUT2D eigenvalue weighted by molar-refractivity contribution is 6.12. The first-order valence-electron chi connectivity index (χ1n) is 12.0. The predicted molar refractivity (Wildman–Crippen MR) is 147 cm³/mol. The van der Waals surface area contributed by atoms with E-state index in [1.165, 1.54) is 5.56 Å². The third-order valence-corrected chi connectivity index (χ3v) is 6.53. The molecule has 7 rings (SSSR count). The zero-order valence-electron chi connectivity index (χ0n) is 20.3. The van der Waals surface area contributed by atoms with Gasteiger partial charge in [0.05, 0.1) is 29.7 Å². The lowest BCUT2D eigenvalue weighted by molar-refractivity contribution is 0.415. The quantitative estimate of drug-likeness (QED) is 0.321. The average Bonchev–Trinajstić information content (AvgIpc) is 3.43. The minimum Gasteiger partial charge on any atom is -0.497 e. The van der Waals surface area contributed by atoms with E-state index in [4.69, 9.17) is 19.9 Å². The van der Waals surface area contributed by atoms with E-state index in [9.17, 15) is 0 Å². The molecule has 0 aliphatic carbocycles. The van der Waals surface area contributed by atoms with Crippen LogP contribution in [0.2, 0.25) is 0 Å². The second-order valence-corrected chi connectivity index (χ2v) is 8.91. The molecule has 0 spiro atoms. The van der Waals surface area contributed by atoms with Crippen LogP contribution in [-0.4, -0.2) is 32.5 Å². The van der Waals surface area contributed by atoms with Crippen molar-refractivity contribution in [3.8, 4) is 11.4 Å². The van der Waals surface area contributed by atoms with Gasteiger partial charge in [0.25, 0.3) is 0 Å². The Labute approximate surface area is 213 Å². The molecule has 0 saturated carbocycles. The summed E-state index contributed by atoms with van der Waals surface area (Å²) in [5.74, 6) is 2.09. The summed E-state index contributed by atoms with van der Waals surface area (Å²) in [4.78, 5) is 7.16. The van der Waals surface area contributed by atoms with E-state index in [1.807, 2.05) is 65.6 Å². The van der Waals surface area contributed by atoms with Crippen molar-refractivity contribution < 1.29 is 4.74 Å². The number of anilines is 3. The highest BCUT2D eigenvalue weighted by atomic mass is 16.5. The van der Waals surface area contributed by atoms with Gasteiger partial charge < -0.3 is 10.1 Å². The van der Waals surface area contributed by atoms with E-state index in [-0.39, 0.29) is 0 Å². The van der Waals surface area contributed by atoms with Crippen molar-refractivity contribution in [2.24, 2.45) is 4.99 Å². The number of fused-ring (bicyclic) bond motifs is 7. The van der Waals surface area contributed by atoms with Crippen molar-refractivity contribution in [1.29, 1.82) is 0 Å². The number of nitrogens with one attached hydrogen (secondary N) is 1. The number of benzene rings is 4. The third-order valence-electron chi connectivity index (χ3n) is 6.53. The zero-order chi connectivity index (χ0) is 24.9. The smallest absolute Gasteiger partial charge is 0.243 e. The van der Waals surface area contributed by atoms with Crippen molar-refractivity contribution >= 4 is 45.5 Å². The monoisotopic (exact) mass is 485 g/mol. The molecule has 8 heteroatoms. The number of para-hydroxylation sites is 2.